The highest BCUT2D eigenvalue weighted by atomic mass is 32.2. The minimum atomic E-state index is -0.827. The molecule has 1 heterocycles. The van der Waals surface area contributed by atoms with Crippen molar-refractivity contribution in [2.75, 3.05) is 12.9 Å². The first-order chi connectivity index (χ1) is 9.01. The van der Waals surface area contributed by atoms with E-state index in [1.165, 1.54) is 11.8 Å². The minimum Gasteiger partial charge on any atom is -0.494 e. The third-order valence-corrected chi connectivity index (χ3v) is 3.72. The maximum atomic E-state index is 10.7. The number of rotatable bonds is 4. The molecule has 0 amide bonds. The van der Waals surface area contributed by atoms with Gasteiger partial charge in [0.2, 0.25) is 0 Å². The Labute approximate surface area is 115 Å². The van der Waals surface area contributed by atoms with Crippen LogP contribution in [0.5, 0.6) is 5.75 Å². The van der Waals surface area contributed by atoms with Crippen LogP contribution in [0.1, 0.15) is 11.3 Å². The minimum absolute atomic E-state index is 0.0365. The topological polar surface area (TPSA) is 59.4 Å². The second-order valence-electron chi connectivity index (χ2n) is 4.31. The smallest absolute Gasteiger partial charge is 0.313 e. The zero-order valence-electron chi connectivity index (χ0n) is 11.1. The Morgan fingerprint density at radius 3 is 2.74 bits per heavy atom. The predicted octanol–water partition coefficient (Wildman–Crippen LogP) is 3.04. The van der Waals surface area contributed by atoms with Crippen molar-refractivity contribution in [3.05, 3.63) is 29.5 Å². The molecule has 0 saturated carbocycles. The van der Waals surface area contributed by atoms with Gasteiger partial charge >= 0.3 is 5.97 Å². The van der Waals surface area contributed by atoms with Gasteiger partial charge in [-0.25, -0.2) is 4.98 Å². The van der Waals surface area contributed by atoms with Gasteiger partial charge < -0.3 is 9.84 Å². The maximum absolute atomic E-state index is 10.7. The number of hydrogen-bond acceptors (Lipinski definition) is 4. The molecule has 0 radical (unpaired) electrons. The van der Waals surface area contributed by atoms with Crippen LogP contribution < -0.4 is 4.74 Å². The molecule has 5 heteroatoms. The summed E-state index contributed by atoms with van der Waals surface area (Å²) in [6.45, 7) is 3.87. The monoisotopic (exact) mass is 277 g/mol. The molecule has 0 atom stereocenters. The van der Waals surface area contributed by atoms with Crippen LogP contribution in [0, 0.1) is 13.8 Å². The average Bonchev–Trinajstić information content (AvgIpc) is 2.35. The second kappa shape index (κ2) is 5.48. The van der Waals surface area contributed by atoms with E-state index >= 15 is 0 Å². The van der Waals surface area contributed by atoms with E-state index in [1.807, 2.05) is 32.0 Å². The lowest BCUT2D eigenvalue weighted by atomic mass is 10.1. The summed E-state index contributed by atoms with van der Waals surface area (Å²) < 4.78 is 5.36. The molecule has 0 saturated heterocycles. The second-order valence-corrected chi connectivity index (χ2v) is 5.32. The van der Waals surface area contributed by atoms with Gasteiger partial charge in [-0.3, -0.25) is 4.79 Å². The van der Waals surface area contributed by atoms with Crippen molar-refractivity contribution in [2.24, 2.45) is 0 Å². The Morgan fingerprint density at radius 2 is 2.11 bits per heavy atom. The lowest BCUT2D eigenvalue weighted by Crippen LogP contribution is -1.99. The van der Waals surface area contributed by atoms with E-state index in [-0.39, 0.29) is 5.75 Å². The maximum Gasteiger partial charge on any atom is 0.313 e. The van der Waals surface area contributed by atoms with Crippen LogP contribution in [0.2, 0.25) is 0 Å². The average molecular weight is 277 g/mol. The van der Waals surface area contributed by atoms with Crippen LogP contribution >= 0.6 is 11.8 Å². The van der Waals surface area contributed by atoms with Crippen molar-refractivity contribution >= 4 is 28.6 Å². The van der Waals surface area contributed by atoms with Gasteiger partial charge in [0.1, 0.15) is 11.3 Å². The highest BCUT2D eigenvalue weighted by Gasteiger charge is 2.11. The van der Waals surface area contributed by atoms with Crippen molar-refractivity contribution in [1.82, 2.24) is 4.98 Å². The molecule has 0 aliphatic rings. The van der Waals surface area contributed by atoms with Gasteiger partial charge in [0, 0.05) is 16.0 Å². The third kappa shape index (κ3) is 2.98. The fraction of sp³-hybridized carbons (Fsp3) is 0.286. The summed E-state index contributed by atoms with van der Waals surface area (Å²) in [5, 5.41) is 9.75. The van der Waals surface area contributed by atoms with Crippen LogP contribution in [-0.2, 0) is 4.79 Å². The first kappa shape index (κ1) is 13.7. The van der Waals surface area contributed by atoms with Crippen molar-refractivity contribution in [2.45, 2.75) is 18.7 Å². The number of thioether (sulfide) groups is 1. The van der Waals surface area contributed by atoms with Gasteiger partial charge in [0.05, 0.1) is 12.9 Å². The number of aliphatic carboxylic acids is 1. The number of ether oxygens (including phenoxy) is 1. The van der Waals surface area contributed by atoms with Gasteiger partial charge in [-0.15, -0.1) is 11.8 Å². The number of hydrogen-bond donors (Lipinski definition) is 1. The third-order valence-electron chi connectivity index (χ3n) is 2.68. The van der Waals surface area contributed by atoms with Crippen LogP contribution in [-0.4, -0.2) is 28.9 Å². The van der Waals surface area contributed by atoms with E-state index in [9.17, 15) is 4.79 Å². The molecule has 2 rings (SSSR count). The summed E-state index contributed by atoms with van der Waals surface area (Å²) >= 11 is 1.30. The van der Waals surface area contributed by atoms with Crippen molar-refractivity contribution in [1.29, 1.82) is 0 Å². The largest absolute Gasteiger partial charge is 0.494 e. The molecule has 100 valence electrons. The quantitative estimate of drug-likeness (QED) is 0.870. The molecule has 0 aliphatic carbocycles. The normalized spacial score (nSPS) is 10.7. The molecule has 0 fully saturated rings. The van der Waals surface area contributed by atoms with E-state index in [0.717, 1.165) is 32.8 Å². The van der Waals surface area contributed by atoms with Gasteiger partial charge in [-0.05, 0) is 37.6 Å². The molecular formula is C14H15NO3S. The van der Waals surface area contributed by atoms with Gasteiger partial charge in [-0.2, -0.15) is 0 Å². The molecule has 1 N–H and O–H groups in total. The number of nitrogens with zero attached hydrogens (tertiary/aromatic N) is 1. The molecule has 1 aromatic heterocycles. The Hall–Kier alpha value is -1.75. The Kier molecular flexibility index (Phi) is 3.95. The number of benzene rings is 1. The van der Waals surface area contributed by atoms with Crippen LogP contribution in [0.15, 0.2) is 23.1 Å². The summed E-state index contributed by atoms with van der Waals surface area (Å²) in [5.74, 6) is -0.0717. The first-order valence-electron chi connectivity index (χ1n) is 5.82. The molecule has 2 aromatic rings. The predicted molar refractivity (Wildman–Crippen MR) is 76.1 cm³/mol. The zero-order valence-corrected chi connectivity index (χ0v) is 11.9. The van der Waals surface area contributed by atoms with Gasteiger partial charge in [-0.1, -0.05) is 0 Å². The van der Waals surface area contributed by atoms with E-state index in [0.29, 0.717) is 0 Å². The number of aryl methyl sites for hydroxylation is 2. The Balaban J connectivity index is 2.62. The number of fused-ring (bicyclic) bond motifs is 1. The van der Waals surface area contributed by atoms with Crippen LogP contribution in [0.25, 0.3) is 10.9 Å². The summed E-state index contributed by atoms with van der Waals surface area (Å²) in [7, 11) is 1.61. The summed E-state index contributed by atoms with van der Waals surface area (Å²) in [4.78, 5) is 16.1. The molecule has 0 bridgehead atoms. The molecule has 1 aromatic carbocycles. The fourth-order valence-corrected chi connectivity index (χ4v) is 2.78. The SMILES string of the molecule is COc1cc(C)cc2c(SCC(=O)O)cc(C)nc12. The number of carbonyl (C=O) groups is 1. The van der Waals surface area contributed by atoms with Crippen molar-refractivity contribution in [3.8, 4) is 5.75 Å². The van der Waals surface area contributed by atoms with E-state index in [2.05, 4.69) is 4.98 Å². The first-order valence-corrected chi connectivity index (χ1v) is 6.80. The molecule has 0 aliphatic heterocycles. The van der Waals surface area contributed by atoms with Crippen LogP contribution in [0.4, 0.5) is 0 Å². The van der Waals surface area contributed by atoms with Gasteiger partial charge in [0.15, 0.2) is 0 Å². The number of pyridine rings is 1. The van der Waals surface area contributed by atoms with Gasteiger partial charge in [0.25, 0.3) is 0 Å². The molecule has 4 nitrogen and oxygen atoms in total. The summed E-state index contributed by atoms with van der Waals surface area (Å²) in [5.41, 5.74) is 2.69. The van der Waals surface area contributed by atoms with E-state index in [4.69, 9.17) is 9.84 Å². The highest BCUT2D eigenvalue weighted by molar-refractivity contribution is 8.00. The molecule has 0 spiro atoms. The molecule has 0 unspecified atom stereocenters. The molecule has 19 heavy (non-hydrogen) atoms. The lowest BCUT2D eigenvalue weighted by Gasteiger charge is -2.11. The summed E-state index contributed by atoms with van der Waals surface area (Å²) in [6, 6.07) is 5.85. The summed E-state index contributed by atoms with van der Waals surface area (Å²) in [6.07, 6.45) is 0. The number of carboxylic acids is 1. The van der Waals surface area contributed by atoms with Crippen molar-refractivity contribution in [3.63, 3.8) is 0 Å². The number of aromatic nitrogens is 1. The molecular weight excluding hydrogens is 262 g/mol. The van der Waals surface area contributed by atoms with E-state index in [1.54, 1.807) is 7.11 Å². The standard InChI is InChI=1S/C14H15NO3S/c1-8-4-10-12(19-7-13(16)17)6-9(2)15-14(10)11(5-8)18-3/h4-6H,7H2,1-3H3,(H,16,17). The van der Waals surface area contributed by atoms with Crippen molar-refractivity contribution < 1.29 is 14.6 Å². The number of methoxy groups -OCH3 is 1. The van der Waals surface area contributed by atoms with Crippen LogP contribution in [0.3, 0.4) is 0 Å². The Morgan fingerprint density at radius 1 is 1.37 bits per heavy atom. The Bertz CT molecular complexity index is 640. The number of carboxylic acid groups (broad SMARTS) is 1. The lowest BCUT2D eigenvalue weighted by molar-refractivity contribution is -0.133. The van der Waals surface area contributed by atoms with E-state index < -0.39 is 5.97 Å². The highest BCUT2D eigenvalue weighted by Crippen LogP contribution is 2.33. The zero-order chi connectivity index (χ0) is 14.0. The fourth-order valence-electron chi connectivity index (χ4n) is 1.94.